The molecule has 0 saturated heterocycles. The Bertz CT molecular complexity index is 285. The van der Waals surface area contributed by atoms with E-state index in [1.165, 1.54) is 17.8 Å². The van der Waals surface area contributed by atoms with Crippen LogP contribution in [0.25, 0.3) is 0 Å². The van der Waals surface area contributed by atoms with Gasteiger partial charge in [-0.15, -0.1) is 11.3 Å². The normalized spacial score (nSPS) is 11.5. The Morgan fingerprint density at radius 1 is 1.33 bits per heavy atom. The van der Waals surface area contributed by atoms with Gasteiger partial charge in [-0.25, -0.2) is 4.98 Å². The molecule has 2 N–H and O–H groups in total. The van der Waals surface area contributed by atoms with Crippen LogP contribution >= 0.6 is 11.3 Å². The van der Waals surface area contributed by atoms with Gasteiger partial charge < -0.3 is 15.5 Å². The molecule has 0 radical (unpaired) electrons. The van der Waals surface area contributed by atoms with E-state index in [0.717, 1.165) is 25.3 Å². The summed E-state index contributed by atoms with van der Waals surface area (Å²) < 4.78 is 0. The second kappa shape index (κ2) is 6.05. The second-order valence-corrected chi connectivity index (χ2v) is 4.96. The standard InChI is InChI=1S/C10H20N4S/c1-13(2)5-4-6-14(3)7-9-8-15-10(11)12-9/h8H,4-7H2,1-3H3,(H2,11,12). The molecule has 0 amide bonds. The predicted molar refractivity (Wildman–Crippen MR) is 66.0 cm³/mol. The van der Waals surface area contributed by atoms with Gasteiger partial charge in [0.25, 0.3) is 0 Å². The Hall–Kier alpha value is -0.650. The highest BCUT2D eigenvalue weighted by Crippen LogP contribution is 2.12. The molecule has 0 spiro atoms. The highest BCUT2D eigenvalue weighted by molar-refractivity contribution is 7.13. The number of nitrogens with zero attached hydrogens (tertiary/aromatic N) is 3. The van der Waals surface area contributed by atoms with Crippen LogP contribution in [0.4, 0.5) is 5.13 Å². The first-order valence-corrected chi connectivity index (χ1v) is 5.99. The minimum absolute atomic E-state index is 0.659. The molecule has 1 aromatic heterocycles. The van der Waals surface area contributed by atoms with Gasteiger partial charge in [0.2, 0.25) is 0 Å². The molecule has 0 aliphatic heterocycles. The monoisotopic (exact) mass is 228 g/mol. The summed E-state index contributed by atoms with van der Waals surface area (Å²) in [6.45, 7) is 3.11. The summed E-state index contributed by atoms with van der Waals surface area (Å²) in [4.78, 5) is 8.72. The molecule has 86 valence electrons. The van der Waals surface area contributed by atoms with Crippen molar-refractivity contribution < 1.29 is 0 Å². The minimum atomic E-state index is 0.659. The Morgan fingerprint density at radius 2 is 2.07 bits per heavy atom. The summed E-state index contributed by atoms with van der Waals surface area (Å²) in [5.41, 5.74) is 6.65. The quantitative estimate of drug-likeness (QED) is 0.792. The van der Waals surface area contributed by atoms with E-state index in [0.29, 0.717) is 5.13 Å². The molecule has 0 saturated carbocycles. The lowest BCUT2D eigenvalue weighted by molar-refractivity contribution is 0.292. The molecular weight excluding hydrogens is 208 g/mol. The number of hydrogen-bond donors (Lipinski definition) is 1. The summed E-state index contributed by atoms with van der Waals surface area (Å²) in [7, 11) is 6.31. The van der Waals surface area contributed by atoms with E-state index in [1.54, 1.807) is 0 Å². The summed E-state index contributed by atoms with van der Waals surface area (Å²) in [5, 5.41) is 2.68. The zero-order chi connectivity index (χ0) is 11.3. The van der Waals surface area contributed by atoms with Crippen molar-refractivity contribution >= 4 is 16.5 Å². The van der Waals surface area contributed by atoms with Crippen molar-refractivity contribution in [1.29, 1.82) is 0 Å². The van der Waals surface area contributed by atoms with Gasteiger partial charge in [-0.2, -0.15) is 0 Å². The first-order valence-electron chi connectivity index (χ1n) is 5.11. The SMILES string of the molecule is CN(C)CCCN(C)Cc1csc(N)n1. The molecule has 0 bridgehead atoms. The number of nitrogens with two attached hydrogens (primary N) is 1. The molecule has 0 aromatic carbocycles. The third-order valence-electron chi connectivity index (χ3n) is 2.15. The van der Waals surface area contributed by atoms with Gasteiger partial charge in [-0.05, 0) is 40.7 Å². The lowest BCUT2D eigenvalue weighted by Gasteiger charge is -2.16. The van der Waals surface area contributed by atoms with Gasteiger partial charge >= 0.3 is 0 Å². The fourth-order valence-corrected chi connectivity index (χ4v) is 1.96. The van der Waals surface area contributed by atoms with E-state index in [-0.39, 0.29) is 0 Å². The van der Waals surface area contributed by atoms with E-state index in [1.807, 2.05) is 5.38 Å². The Balaban J connectivity index is 2.21. The van der Waals surface area contributed by atoms with Crippen LogP contribution in [-0.4, -0.2) is 49.0 Å². The van der Waals surface area contributed by atoms with Gasteiger partial charge in [-0.1, -0.05) is 0 Å². The fourth-order valence-electron chi connectivity index (χ4n) is 1.41. The molecule has 1 heterocycles. The maximum Gasteiger partial charge on any atom is 0.180 e. The van der Waals surface area contributed by atoms with E-state index >= 15 is 0 Å². The number of rotatable bonds is 6. The molecule has 1 aromatic rings. The van der Waals surface area contributed by atoms with Crippen LogP contribution in [0.3, 0.4) is 0 Å². The maximum atomic E-state index is 5.58. The Kier molecular flexibility index (Phi) is 5.01. The van der Waals surface area contributed by atoms with Crippen LogP contribution in [0.15, 0.2) is 5.38 Å². The molecule has 4 nitrogen and oxygen atoms in total. The molecule has 0 atom stereocenters. The van der Waals surface area contributed by atoms with Crippen molar-refractivity contribution in [2.75, 3.05) is 40.0 Å². The molecule has 0 fully saturated rings. The van der Waals surface area contributed by atoms with Crippen LogP contribution in [0.2, 0.25) is 0 Å². The van der Waals surface area contributed by atoms with Crippen molar-refractivity contribution in [3.05, 3.63) is 11.1 Å². The molecular formula is C10H20N4S. The van der Waals surface area contributed by atoms with Crippen LogP contribution < -0.4 is 5.73 Å². The maximum absolute atomic E-state index is 5.58. The highest BCUT2D eigenvalue weighted by Gasteiger charge is 2.03. The summed E-state index contributed by atoms with van der Waals surface area (Å²) in [6.07, 6.45) is 1.18. The van der Waals surface area contributed by atoms with Gasteiger partial charge in [0.15, 0.2) is 5.13 Å². The third kappa shape index (κ3) is 5.11. The average Bonchev–Trinajstić information content (AvgIpc) is 2.50. The van der Waals surface area contributed by atoms with Crippen molar-refractivity contribution in [1.82, 2.24) is 14.8 Å². The van der Waals surface area contributed by atoms with Crippen LogP contribution in [0, 0.1) is 0 Å². The van der Waals surface area contributed by atoms with Crippen molar-refractivity contribution in [3.8, 4) is 0 Å². The molecule has 0 aliphatic rings. The fraction of sp³-hybridized carbons (Fsp3) is 0.700. The summed E-state index contributed by atoms with van der Waals surface area (Å²) in [5.74, 6) is 0. The van der Waals surface area contributed by atoms with E-state index in [4.69, 9.17) is 5.73 Å². The third-order valence-corrected chi connectivity index (χ3v) is 2.87. The Morgan fingerprint density at radius 3 is 2.60 bits per heavy atom. The lowest BCUT2D eigenvalue weighted by atomic mass is 10.3. The van der Waals surface area contributed by atoms with Crippen molar-refractivity contribution in [3.63, 3.8) is 0 Å². The molecule has 0 aliphatic carbocycles. The predicted octanol–water partition coefficient (Wildman–Crippen LogP) is 1.11. The summed E-state index contributed by atoms with van der Waals surface area (Å²) in [6, 6.07) is 0. The number of hydrogen-bond acceptors (Lipinski definition) is 5. The molecule has 0 unspecified atom stereocenters. The number of aromatic nitrogens is 1. The summed E-state index contributed by atoms with van der Waals surface area (Å²) >= 11 is 1.51. The number of nitrogen functional groups attached to an aromatic ring is 1. The topological polar surface area (TPSA) is 45.4 Å². The van der Waals surface area contributed by atoms with Gasteiger partial charge in [0, 0.05) is 11.9 Å². The zero-order valence-electron chi connectivity index (χ0n) is 9.73. The van der Waals surface area contributed by atoms with E-state index in [9.17, 15) is 0 Å². The van der Waals surface area contributed by atoms with E-state index in [2.05, 4.69) is 35.9 Å². The first kappa shape index (κ1) is 12.4. The van der Waals surface area contributed by atoms with Crippen molar-refractivity contribution in [2.45, 2.75) is 13.0 Å². The average molecular weight is 228 g/mol. The Labute approximate surface area is 95.7 Å². The van der Waals surface area contributed by atoms with Crippen molar-refractivity contribution in [2.24, 2.45) is 0 Å². The molecule has 15 heavy (non-hydrogen) atoms. The zero-order valence-corrected chi connectivity index (χ0v) is 10.5. The van der Waals surface area contributed by atoms with Crippen LogP contribution in [0.1, 0.15) is 12.1 Å². The minimum Gasteiger partial charge on any atom is -0.375 e. The first-order chi connectivity index (χ1) is 7.08. The smallest absolute Gasteiger partial charge is 0.180 e. The van der Waals surface area contributed by atoms with Crippen LogP contribution in [0.5, 0.6) is 0 Å². The van der Waals surface area contributed by atoms with Gasteiger partial charge in [-0.3, -0.25) is 0 Å². The van der Waals surface area contributed by atoms with E-state index < -0.39 is 0 Å². The molecule has 1 rings (SSSR count). The van der Waals surface area contributed by atoms with Gasteiger partial charge in [0.05, 0.1) is 5.69 Å². The molecule has 5 heteroatoms. The lowest BCUT2D eigenvalue weighted by Crippen LogP contribution is -2.23. The number of anilines is 1. The largest absolute Gasteiger partial charge is 0.375 e. The van der Waals surface area contributed by atoms with Gasteiger partial charge in [0.1, 0.15) is 0 Å². The second-order valence-electron chi connectivity index (χ2n) is 4.07. The van der Waals surface area contributed by atoms with Crippen LogP contribution in [-0.2, 0) is 6.54 Å². The highest BCUT2D eigenvalue weighted by atomic mass is 32.1. The number of thiazole rings is 1.